The van der Waals surface area contributed by atoms with Crippen molar-refractivity contribution >= 4 is 12.1 Å². The highest BCUT2D eigenvalue weighted by Gasteiger charge is 2.35. The van der Waals surface area contributed by atoms with E-state index in [1.54, 1.807) is 20.8 Å². The van der Waals surface area contributed by atoms with E-state index in [1.807, 2.05) is 0 Å². The minimum Gasteiger partial charge on any atom is -0.467 e. The average Bonchev–Trinajstić information content (AvgIpc) is 2.30. The number of carbonyl (C=O) groups excluding carboxylic acids is 2. The lowest BCUT2D eigenvalue weighted by Crippen LogP contribution is -2.43. The number of hydrogen-bond donors (Lipinski definition) is 2. The standard InChI is InChI=1S/C14H23NO5/c1-7-8-10(14(5,18)11(16)19-6)9-15-12(17)20-13(2,3)4/h7-8,18H,1,9H2,2-6H3,(H,15,17)/b10-8+/t14-/m1/s1. The number of methoxy groups -OCH3 is 1. The van der Waals surface area contributed by atoms with Gasteiger partial charge in [-0.3, -0.25) is 0 Å². The van der Waals surface area contributed by atoms with Gasteiger partial charge in [0.15, 0.2) is 5.60 Å². The second-order valence-corrected chi connectivity index (χ2v) is 5.35. The summed E-state index contributed by atoms with van der Waals surface area (Å²) < 4.78 is 9.59. The highest BCUT2D eigenvalue weighted by atomic mass is 16.6. The zero-order chi connectivity index (χ0) is 16.0. The van der Waals surface area contributed by atoms with Crippen LogP contribution in [0.3, 0.4) is 0 Å². The molecule has 0 heterocycles. The third-order valence-electron chi connectivity index (χ3n) is 2.35. The molecule has 0 unspecified atom stereocenters. The van der Waals surface area contributed by atoms with Crippen LogP contribution in [0.4, 0.5) is 4.79 Å². The molecule has 0 fully saturated rings. The van der Waals surface area contributed by atoms with E-state index in [4.69, 9.17) is 4.74 Å². The lowest BCUT2D eigenvalue weighted by Gasteiger charge is -2.25. The number of rotatable bonds is 5. The first kappa shape index (κ1) is 18.2. The lowest BCUT2D eigenvalue weighted by molar-refractivity contribution is -0.156. The van der Waals surface area contributed by atoms with Gasteiger partial charge in [-0.2, -0.15) is 0 Å². The van der Waals surface area contributed by atoms with E-state index in [2.05, 4.69) is 16.6 Å². The topological polar surface area (TPSA) is 84.9 Å². The van der Waals surface area contributed by atoms with Crippen molar-refractivity contribution in [1.29, 1.82) is 0 Å². The number of aliphatic hydroxyl groups is 1. The number of alkyl carbamates (subject to hydrolysis) is 1. The molecule has 0 bridgehead atoms. The van der Waals surface area contributed by atoms with Crippen molar-refractivity contribution in [2.45, 2.75) is 38.9 Å². The number of nitrogens with one attached hydrogen (secondary N) is 1. The van der Waals surface area contributed by atoms with Crippen LogP contribution in [0.5, 0.6) is 0 Å². The van der Waals surface area contributed by atoms with Crippen molar-refractivity contribution in [2.24, 2.45) is 0 Å². The Morgan fingerprint density at radius 3 is 2.25 bits per heavy atom. The first-order valence-electron chi connectivity index (χ1n) is 6.14. The fourth-order valence-corrected chi connectivity index (χ4v) is 1.35. The molecule has 6 nitrogen and oxygen atoms in total. The number of ether oxygens (including phenoxy) is 2. The fourth-order valence-electron chi connectivity index (χ4n) is 1.35. The molecule has 0 saturated carbocycles. The maximum Gasteiger partial charge on any atom is 0.407 e. The van der Waals surface area contributed by atoms with Crippen molar-refractivity contribution in [3.05, 3.63) is 24.3 Å². The zero-order valence-corrected chi connectivity index (χ0v) is 12.6. The molecule has 1 amide bonds. The summed E-state index contributed by atoms with van der Waals surface area (Å²) in [6.07, 6.45) is 2.20. The van der Waals surface area contributed by atoms with Crippen LogP contribution < -0.4 is 5.32 Å². The van der Waals surface area contributed by atoms with Gasteiger partial charge in [0.25, 0.3) is 0 Å². The van der Waals surface area contributed by atoms with E-state index >= 15 is 0 Å². The highest BCUT2D eigenvalue weighted by molar-refractivity contribution is 5.83. The summed E-state index contributed by atoms with van der Waals surface area (Å²) in [5, 5.41) is 12.6. The normalized spacial score (nSPS) is 15.0. The van der Waals surface area contributed by atoms with Gasteiger partial charge in [0.2, 0.25) is 0 Å². The zero-order valence-electron chi connectivity index (χ0n) is 12.6. The van der Waals surface area contributed by atoms with Gasteiger partial charge in [-0.15, -0.1) is 0 Å². The van der Waals surface area contributed by atoms with Gasteiger partial charge >= 0.3 is 12.1 Å². The van der Waals surface area contributed by atoms with Gasteiger partial charge in [-0.05, 0) is 33.3 Å². The minimum absolute atomic E-state index is 0.0664. The quantitative estimate of drug-likeness (QED) is 0.591. The minimum atomic E-state index is -1.85. The molecule has 2 N–H and O–H groups in total. The maximum atomic E-state index is 11.5. The van der Waals surface area contributed by atoms with Crippen molar-refractivity contribution in [2.75, 3.05) is 13.7 Å². The largest absolute Gasteiger partial charge is 0.467 e. The van der Waals surface area contributed by atoms with Crippen LogP contribution >= 0.6 is 0 Å². The Hall–Kier alpha value is -1.82. The van der Waals surface area contributed by atoms with Crippen molar-refractivity contribution in [3.63, 3.8) is 0 Å². The predicted octanol–water partition coefficient (Wildman–Crippen LogP) is 1.55. The molecule has 0 radical (unpaired) electrons. The molecule has 0 aliphatic heterocycles. The highest BCUT2D eigenvalue weighted by Crippen LogP contribution is 2.18. The van der Waals surface area contributed by atoms with Crippen LogP contribution in [0.15, 0.2) is 24.3 Å². The van der Waals surface area contributed by atoms with E-state index in [0.29, 0.717) is 0 Å². The van der Waals surface area contributed by atoms with Crippen molar-refractivity contribution in [1.82, 2.24) is 5.32 Å². The summed E-state index contributed by atoms with van der Waals surface area (Å²) in [7, 11) is 1.17. The molecule has 20 heavy (non-hydrogen) atoms. The van der Waals surface area contributed by atoms with Crippen LogP contribution in [0.1, 0.15) is 27.7 Å². The summed E-state index contributed by atoms with van der Waals surface area (Å²) in [6, 6.07) is 0. The second-order valence-electron chi connectivity index (χ2n) is 5.35. The molecule has 0 aromatic heterocycles. The molecule has 6 heteroatoms. The van der Waals surface area contributed by atoms with E-state index < -0.39 is 23.3 Å². The lowest BCUT2D eigenvalue weighted by atomic mass is 9.95. The Morgan fingerprint density at radius 1 is 1.30 bits per heavy atom. The molecule has 0 rings (SSSR count). The van der Waals surface area contributed by atoms with Gasteiger partial charge < -0.3 is 19.9 Å². The Morgan fingerprint density at radius 2 is 1.85 bits per heavy atom. The Balaban J connectivity index is 4.83. The molecule has 1 atom stereocenters. The van der Waals surface area contributed by atoms with Crippen LogP contribution in [0.2, 0.25) is 0 Å². The SMILES string of the molecule is C=C/C=C(\CNC(=O)OC(C)(C)C)[C@@](C)(O)C(=O)OC. The molecule has 0 aromatic carbocycles. The Labute approximate surface area is 119 Å². The number of allylic oxidation sites excluding steroid dienone is 2. The molecular weight excluding hydrogens is 262 g/mol. The van der Waals surface area contributed by atoms with Gasteiger partial charge in [-0.25, -0.2) is 9.59 Å². The van der Waals surface area contributed by atoms with Crippen LogP contribution in [0.25, 0.3) is 0 Å². The van der Waals surface area contributed by atoms with E-state index in [1.165, 1.54) is 26.2 Å². The maximum absolute atomic E-state index is 11.5. The third kappa shape index (κ3) is 5.88. The van der Waals surface area contributed by atoms with Crippen LogP contribution in [-0.2, 0) is 14.3 Å². The average molecular weight is 285 g/mol. The first-order valence-corrected chi connectivity index (χ1v) is 6.14. The molecule has 0 aromatic rings. The van der Waals surface area contributed by atoms with E-state index in [0.717, 1.165) is 0 Å². The van der Waals surface area contributed by atoms with E-state index in [9.17, 15) is 14.7 Å². The second kappa shape index (κ2) is 7.09. The van der Waals surface area contributed by atoms with Crippen molar-refractivity contribution in [3.8, 4) is 0 Å². The third-order valence-corrected chi connectivity index (χ3v) is 2.35. The Bertz CT molecular complexity index is 404. The fraction of sp³-hybridized carbons (Fsp3) is 0.571. The Kier molecular flexibility index (Phi) is 6.45. The number of esters is 1. The van der Waals surface area contributed by atoms with Crippen LogP contribution in [0, 0.1) is 0 Å². The first-order chi connectivity index (χ1) is 9.04. The number of amides is 1. The van der Waals surface area contributed by atoms with Gasteiger partial charge in [0, 0.05) is 6.54 Å². The van der Waals surface area contributed by atoms with Crippen LogP contribution in [-0.4, -0.2) is 42.0 Å². The van der Waals surface area contributed by atoms with Gasteiger partial charge in [0.1, 0.15) is 5.60 Å². The summed E-state index contributed by atoms with van der Waals surface area (Å²) in [6.45, 7) is 9.92. The summed E-state index contributed by atoms with van der Waals surface area (Å²) >= 11 is 0. The smallest absolute Gasteiger partial charge is 0.407 e. The van der Waals surface area contributed by atoms with Gasteiger partial charge in [-0.1, -0.05) is 18.7 Å². The molecule has 0 spiro atoms. The molecular formula is C14H23NO5. The van der Waals surface area contributed by atoms with Gasteiger partial charge in [0.05, 0.1) is 7.11 Å². The number of carbonyl (C=O) groups is 2. The number of hydrogen-bond acceptors (Lipinski definition) is 5. The summed E-state index contributed by atoms with van der Waals surface area (Å²) in [4.78, 5) is 23.1. The van der Waals surface area contributed by atoms with E-state index in [-0.39, 0.29) is 12.1 Å². The molecule has 0 aliphatic carbocycles. The monoisotopic (exact) mass is 285 g/mol. The predicted molar refractivity (Wildman–Crippen MR) is 75.2 cm³/mol. The summed E-state index contributed by atoms with van der Waals surface area (Å²) in [5.74, 6) is -0.823. The molecule has 0 aliphatic rings. The van der Waals surface area contributed by atoms with Crippen molar-refractivity contribution < 1.29 is 24.2 Å². The molecule has 114 valence electrons. The molecule has 0 saturated heterocycles. The summed E-state index contributed by atoms with van der Waals surface area (Å²) in [5.41, 5.74) is -2.24.